The second-order valence-corrected chi connectivity index (χ2v) is 6.25. The Kier molecular flexibility index (Phi) is 3.63. The number of aromatic amines is 1. The zero-order chi connectivity index (χ0) is 15.0. The van der Waals surface area contributed by atoms with Gasteiger partial charge in [-0.1, -0.05) is 36.9 Å². The van der Waals surface area contributed by atoms with E-state index in [4.69, 9.17) is 17.3 Å². The molecule has 0 saturated heterocycles. The number of nitrogens with one attached hydrogen (secondary N) is 1. The number of nitrogens with two attached hydrogens (primary N) is 1. The molecule has 3 rings (SSSR count). The second-order valence-electron chi connectivity index (χ2n) is 5.84. The van der Waals surface area contributed by atoms with Crippen LogP contribution in [-0.4, -0.2) is 14.8 Å². The van der Waals surface area contributed by atoms with Gasteiger partial charge >= 0.3 is 5.69 Å². The number of rotatable bonds is 2. The van der Waals surface area contributed by atoms with Gasteiger partial charge in [0.05, 0.1) is 11.2 Å². The lowest BCUT2D eigenvalue weighted by Crippen LogP contribution is -2.42. The summed E-state index contributed by atoms with van der Waals surface area (Å²) in [5, 5.41) is 7.35. The number of hydrogen-bond donors (Lipinski definition) is 2. The summed E-state index contributed by atoms with van der Waals surface area (Å²) in [6, 6.07) is 5.54. The van der Waals surface area contributed by atoms with Crippen LogP contribution >= 0.6 is 11.6 Å². The average Bonchev–Trinajstić information content (AvgIpc) is 2.85. The van der Waals surface area contributed by atoms with E-state index in [-0.39, 0.29) is 5.69 Å². The largest absolute Gasteiger partial charge is 0.347 e. The van der Waals surface area contributed by atoms with Crippen molar-refractivity contribution in [2.45, 2.75) is 44.6 Å². The standard InChI is InChI=1S/C15H19ClN4O/c1-10-5-6-11(9-12(10)16)20-13(18-19-14(20)21)15(17)7-3-2-4-8-15/h5-6,9H,2-4,7-8,17H2,1H3,(H,19,21). The van der Waals surface area contributed by atoms with Gasteiger partial charge in [-0.15, -0.1) is 0 Å². The highest BCUT2D eigenvalue weighted by Gasteiger charge is 2.35. The fourth-order valence-corrected chi connectivity index (χ4v) is 3.17. The molecule has 1 aromatic heterocycles. The quantitative estimate of drug-likeness (QED) is 0.895. The molecule has 1 fully saturated rings. The van der Waals surface area contributed by atoms with E-state index in [0.717, 1.165) is 31.2 Å². The van der Waals surface area contributed by atoms with Crippen molar-refractivity contribution in [1.29, 1.82) is 0 Å². The lowest BCUT2D eigenvalue weighted by atomic mass is 9.82. The zero-order valence-corrected chi connectivity index (χ0v) is 12.8. The van der Waals surface area contributed by atoms with Gasteiger partial charge in [0.2, 0.25) is 0 Å². The monoisotopic (exact) mass is 306 g/mol. The second kappa shape index (κ2) is 5.31. The summed E-state index contributed by atoms with van der Waals surface area (Å²) in [5.74, 6) is 0.604. The molecule has 21 heavy (non-hydrogen) atoms. The van der Waals surface area contributed by atoms with Crippen LogP contribution in [0.25, 0.3) is 5.69 Å². The van der Waals surface area contributed by atoms with Gasteiger partial charge < -0.3 is 5.73 Å². The third-order valence-electron chi connectivity index (χ3n) is 4.28. The number of aryl methyl sites for hydroxylation is 1. The normalized spacial score (nSPS) is 17.9. The van der Waals surface area contributed by atoms with E-state index >= 15 is 0 Å². The third kappa shape index (κ3) is 2.51. The Morgan fingerprint density at radius 1 is 1.33 bits per heavy atom. The highest BCUT2D eigenvalue weighted by atomic mass is 35.5. The van der Waals surface area contributed by atoms with Crippen LogP contribution < -0.4 is 11.4 Å². The van der Waals surface area contributed by atoms with E-state index in [0.29, 0.717) is 16.5 Å². The highest BCUT2D eigenvalue weighted by molar-refractivity contribution is 6.31. The van der Waals surface area contributed by atoms with E-state index < -0.39 is 5.54 Å². The molecule has 1 aliphatic rings. The van der Waals surface area contributed by atoms with Gasteiger partial charge in [-0.05, 0) is 37.5 Å². The average molecular weight is 307 g/mol. The maximum absolute atomic E-state index is 12.2. The molecule has 3 N–H and O–H groups in total. The molecule has 6 heteroatoms. The summed E-state index contributed by atoms with van der Waals surface area (Å²) in [6.45, 7) is 1.93. The Bertz CT molecular complexity index is 713. The van der Waals surface area contributed by atoms with Crippen molar-refractivity contribution in [2.75, 3.05) is 0 Å². The molecule has 1 saturated carbocycles. The first-order valence-corrected chi connectivity index (χ1v) is 7.62. The van der Waals surface area contributed by atoms with E-state index in [1.54, 1.807) is 10.6 Å². The van der Waals surface area contributed by atoms with Crippen molar-refractivity contribution >= 4 is 11.6 Å². The van der Waals surface area contributed by atoms with Crippen molar-refractivity contribution in [3.05, 3.63) is 45.1 Å². The molecule has 5 nitrogen and oxygen atoms in total. The fourth-order valence-electron chi connectivity index (χ4n) is 3.00. The van der Waals surface area contributed by atoms with E-state index in [9.17, 15) is 4.79 Å². The number of hydrogen-bond acceptors (Lipinski definition) is 3. The third-order valence-corrected chi connectivity index (χ3v) is 4.68. The maximum atomic E-state index is 12.2. The van der Waals surface area contributed by atoms with Crippen molar-refractivity contribution in [3.8, 4) is 5.69 Å². The summed E-state index contributed by atoms with van der Waals surface area (Å²) >= 11 is 6.18. The van der Waals surface area contributed by atoms with Crippen LogP contribution in [0.1, 0.15) is 43.5 Å². The van der Waals surface area contributed by atoms with Crippen molar-refractivity contribution in [1.82, 2.24) is 14.8 Å². The number of aromatic nitrogens is 3. The minimum Gasteiger partial charge on any atom is -0.319 e. The van der Waals surface area contributed by atoms with Crippen molar-refractivity contribution in [3.63, 3.8) is 0 Å². The first-order chi connectivity index (χ1) is 10.0. The predicted molar refractivity (Wildman–Crippen MR) is 82.9 cm³/mol. The number of benzene rings is 1. The topological polar surface area (TPSA) is 76.7 Å². The molecule has 0 aliphatic heterocycles. The molecule has 1 aromatic carbocycles. The maximum Gasteiger partial charge on any atom is 0.347 e. The van der Waals surface area contributed by atoms with E-state index in [2.05, 4.69) is 10.2 Å². The Hall–Kier alpha value is -1.59. The lowest BCUT2D eigenvalue weighted by molar-refractivity contribution is 0.283. The summed E-state index contributed by atoms with van der Waals surface area (Å²) < 4.78 is 1.55. The van der Waals surface area contributed by atoms with Crippen LogP contribution in [0.2, 0.25) is 5.02 Å². The lowest BCUT2D eigenvalue weighted by Gasteiger charge is -2.32. The minimum absolute atomic E-state index is 0.277. The van der Waals surface area contributed by atoms with Gasteiger partial charge in [-0.2, -0.15) is 5.10 Å². The molecule has 0 atom stereocenters. The summed E-state index contributed by atoms with van der Waals surface area (Å²) in [7, 11) is 0. The summed E-state index contributed by atoms with van der Waals surface area (Å²) in [6.07, 6.45) is 5.00. The van der Waals surface area contributed by atoms with Gasteiger partial charge in [0.15, 0.2) is 5.82 Å². The Balaban J connectivity index is 2.12. The van der Waals surface area contributed by atoms with E-state index in [1.807, 2.05) is 19.1 Å². The first-order valence-electron chi connectivity index (χ1n) is 7.24. The number of H-pyrrole nitrogens is 1. The Morgan fingerprint density at radius 3 is 2.71 bits per heavy atom. The van der Waals surface area contributed by atoms with Crippen molar-refractivity contribution in [2.24, 2.45) is 5.73 Å². The molecule has 0 unspecified atom stereocenters. The van der Waals surface area contributed by atoms with Gasteiger partial charge in [0, 0.05) is 5.02 Å². The molecule has 112 valence electrons. The molecule has 0 bridgehead atoms. The SMILES string of the molecule is Cc1ccc(-n2c(C3(N)CCCCC3)n[nH]c2=O)cc1Cl. The highest BCUT2D eigenvalue weighted by Crippen LogP contribution is 2.34. The van der Waals surface area contributed by atoms with Crippen LogP contribution in [0, 0.1) is 6.92 Å². The van der Waals surface area contributed by atoms with Gasteiger partial charge in [-0.25, -0.2) is 14.5 Å². The van der Waals surface area contributed by atoms with Crippen LogP contribution in [-0.2, 0) is 5.54 Å². The summed E-state index contributed by atoms with van der Waals surface area (Å²) in [4.78, 5) is 12.2. The predicted octanol–water partition coefficient (Wildman–Crippen LogP) is 2.64. The van der Waals surface area contributed by atoms with Crippen molar-refractivity contribution < 1.29 is 0 Å². The van der Waals surface area contributed by atoms with Crippen LogP contribution in [0.5, 0.6) is 0 Å². The van der Waals surface area contributed by atoms with Crippen LogP contribution in [0.15, 0.2) is 23.0 Å². The summed E-state index contributed by atoms with van der Waals surface area (Å²) in [5.41, 5.74) is 7.37. The molecule has 2 aromatic rings. The Morgan fingerprint density at radius 2 is 2.05 bits per heavy atom. The van der Waals surface area contributed by atoms with Gasteiger partial charge in [0.25, 0.3) is 0 Å². The van der Waals surface area contributed by atoms with E-state index in [1.165, 1.54) is 6.42 Å². The first kappa shape index (κ1) is 14.4. The smallest absolute Gasteiger partial charge is 0.319 e. The molecule has 0 radical (unpaired) electrons. The van der Waals surface area contributed by atoms with Crippen LogP contribution in [0.3, 0.4) is 0 Å². The molecule has 1 heterocycles. The Labute approximate surface area is 128 Å². The molecule has 0 amide bonds. The van der Waals surface area contributed by atoms with Crippen LogP contribution in [0.4, 0.5) is 0 Å². The van der Waals surface area contributed by atoms with Gasteiger partial charge in [0.1, 0.15) is 0 Å². The fraction of sp³-hybridized carbons (Fsp3) is 0.467. The molecular weight excluding hydrogens is 288 g/mol. The number of halogens is 1. The molecule has 0 spiro atoms. The molecular formula is C15H19ClN4O. The molecule has 1 aliphatic carbocycles. The zero-order valence-electron chi connectivity index (χ0n) is 12.0. The minimum atomic E-state index is -0.547. The number of nitrogens with zero attached hydrogens (tertiary/aromatic N) is 2. The van der Waals surface area contributed by atoms with Gasteiger partial charge in [-0.3, -0.25) is 0 Å².